The van der Waals surface area contributed by atoms with Crippen molar-refractivity contribution in [2.45, 2.75) is 38.1 Å². The zero-order valence-electron chi connectivity index (χ0n) is 20.2. The van der Waals surface area contributed by atoms with Crippen molar-refractivity contribution in [2.24, 2.45) is 5.73 Å². The molecular weight excluding hydrogens is 468 g/mol. The number of hydrogen-bond donors (Lipinski definition) is 3. The van der Waals surface area contributed by atoms with Crippen LogP contribution in [0.15, 0.2) is 73.2 Å². The summed E-state index contributed by atoms with van der Waals surface area (Å²) in [6, 6.07) is 20.4. The molecule has 6 rings (SSSR count). The minimum Gasteiger partial charge on any atom is -0.465 e. The third-order valence-corrected chi connectivity index (χ3v) is 6.55. The first-order chi connectivity index (χ1) is 18.0. The lowest BCUT2D eigenvalue weighted by atomic mass is 9.95. The topological polar surface area (TPSA) is 142 Å². The first kappa shape index (κ1) is 24.1. The first-order valence-corrected chi connectivity index (χ1v) is 12.2. The number of nitrogens with two attached hydrogens (primary N) is 2. The summed E-state index contributed by atoms with van der Waals surface area (Å²) in [7, 11) is 0. The minimum atomic E-state index is -1.33. The lowest BCUT2D eigenvalue weighted by Crippen LogP contribution is -2.12. The molecule has 5 aromatic rings. The van der Waals surface area contributed by atoms with E-state index in [0.29, 0.717) is 17.7 Å². The second-order valence-electron chi connectivity index (χ2n) is 9.01. The van der Waals surface area contributed by atoms with Gasteiger partial charge < -0.3 is 25.9 Å². The molecule has 37 heavy (non-hydrogen) atoms. The number of carboxylic acid groups (broad SMARTS) is 1. The number of nitrogen functional groups attached to an aromatic ring is 1. The molecule has 1 aliphatic carbocycles. The largest absolute Gasteiger partial charge is 0.465 e. The number of ether oxygens (including phenoxy) is 1. The van der Waals surface area contributed by atoms with Crippen molar-refractivity contribution in [3.63, 3.8) is 0 Å². The molecule has 0 aliphatic heterocycles. The first-order valence-electron chi connectivity index (χ1n) is 12.2. The number of rotatable bonds is 4. The van der Waals surface area contributed by atoms with Crippen LogP contribution in [0.4, 0.5) is 10.6 Å². The van der Waals surface area contributed by atoms with E-state index in [1.54, 1.807) is 6.33 Å². The molecule has 0 unspecified atom stereocenters. The SMILES string of the molecule is NC(=O)O.Nc1ncnc2c1c(-c1ccc3ccc(Oc4ccccc4)nc3c1)cn2C1CCCCC1. The lowest BCUT2D eigenvalue weighted by molar-refractivity contribution is 0.205. The van der Waals surface area contributed by atoms with E-state index in [4.69, 9.17) is 25.4 Å². The summed E-state index contributed by atoms with van der Waals surface area (Å²) in [5, 5.41) is 9.17. The maximum absolute atomic E-state index is 8.78. The zero-order chi connectivity index (χ0) is 25.8. The van der Waals surface area contributed by atoms with Gasteiger partial charge in [0.25, 0.3) is 0 Å². The van der Waals surface area contributed by atoms with Gasteiger partial charge in [-0.3, -0.25) is 0 Å². The van der Waals surface area contributed by atoms with Crippen LogP contribution in [0.25, 0.3) is 33.1 Å². The van der Waals surface area contributed by atoms with Crippen LogP contribution < -0.4 is 16.2 Å². The van der Waals surface area contributed by atoms with Crippen molar-refractivity contribution in [3.05, 3.63) is 73.2 Å². The minimum absolute atomic E-state index is 0.453. The maximum Gasteiger partial charge on any atom is 0.402 e. The van der Waals surface area contributed by atoms with E-state index in [1.807, 2.05) is 42.5 Å². The fourth-order valence-corrected chi connectivity index (χ4v) is 4.90. The highest BCUT2D eigenvalue weighted by Gasteiger charge is 2.22. The Morgan fingerprint density at radius 2 is 1.73 bits per heavy atom. The van der Waals surface area contributed by atoms with E-state index in [0.717, 1.165) is 38.8 Å². The van der Waals surface area contributed by atoms with E-state index in [-0.39, 0.29) is 0 Å². The number of benzene rings is 2. The predicted molar refractivity (Wildman–Crippen MR) is 144 cm³/mol. The molecule has 1 amide bonds. The Hall–Kier alpha value is -4.66. The van der Waals surface area contributed by atoms with Crippen molar-refractivity contribution in [1.29, 1.82) is 0 Å². The summed E-state index contributed by atoms with van der Waals surface area (Å²) in [5.41, 5.74) is 14.3. The number of carbonyl (C=O) groups is 1. The van der Waals surface area contributed by atoms with Crippen LogP contribution in [0.5, 0.6) is 11.6 Å². The quantitative estimate of drug-likeness (QED) is 0.271. The third-order valence-electron chi connectivity index (χ3n) is 6.55. The van der Waals surface area contributed by atoms with Crippen LogP contribution in [0, 0.1) is 0 Å². The van der Waals surface area contributed by atoms with Crippen molar-refractivity contribution >= 4 is 33.8 Å². The number of nitrogens with zero attached hydrogens (tertiary/aromatic N) is 4. The Kier molecular flexibility index (Phi) is 6.85. The molecule has 0 atom stereocenters. The molecule has 1 saturated carbocycles. The number of anilines is 1. The third kappa shape index (κ3) is 5.30. The molecule has 0 spiro atoms. The molecule has 0 saturated heterocycles. The zero-order valence-corrected chi connectivity index (χ0v) is 20.2. The smallest absolute Gasteiger partial charge is 0.402 e. The number of aromatic nitrogens is 4. The van der Waals surface area contributed by atoms with Crippen molar-refractivity contribution in [2.75, 3.05) is 5.73 Å². The summed E-state index contributed by atoms with van der Waals surface area (Å²) in [5.74, 6) is 1.85. The molecule has 188 valence electrons. The van der Waals surface area contributed by atoms with Gasteiger partial charge in [0.2, 0.25) is 5.88 Å². The Labute approximate surface area is 213 Å². The average molecular weight is 497 g/mol. The number of amides is 1. The van der Waals surface area contributed by atoms with Crippen LogP contribution in [-0.2, 0) is 0 Å². The standard InChI is InChI=1S/C27H25N5O.CH3NO2/c28-26-25-22(16-32(27(25)30-17-29-26)20-7-3-1-4-8-20)19-12-11-18-13-14-24(31-23(18)15-19)33-21-9-5-2-6-10-21;2-1(3)4/h2,5-6,9-17,20H,1,3-4,7-8H2,(H2,28,29,30);2H2,(H,3,4). The van der Waals surface area contributed by atoms with Gasteiger partial charge in [0, 0.05) is 29.3 Å². The molecule has 1 fully saturated rings. The number of para-hydroxylation sites is 1. The number of pyridine rings is 1. The summed E-state index contributed by atoms with van der Waals surface area (Å²) < 4.78 is 8.26. The van der Waals surface area contributed by atoms with Gasteiger partial charge in [0.1, 0.15) is 23.5 Å². The molecular formula is C28H28N6O3. The predicted octanol–water partition coefficient (Wildman–Crippen LogP) is 6.15. The second-order valence-corrected chi connectivity index (χ2v) is 9.01. The Morgan fingerprint density at radius 1 is 1.00 bits per heavy atom. The number of fused-ring (bicyclic) bond motifs is 2. The van der Waals surface area contributed by atoms with Crippen LogP contribution in [0.2, 0.25) is 0 Å². The summed E-state index contributed by atoms with van der Waals surface area (Å²) >= 11 is 0. The van der Waals surface area contributed by atoms with Crippen LogP contribution >= 0.6 is 0 Å². The Morgan fingerprint density at radius 3 is 2.49 bits per heavy atom. The van der Waals surface area contributed by atoms with Gasteiger partial charge in [0.05, 0.1) is 10.9 Å². The van der Waals surface area contributed by atoms with E-state index in [1.165, 1.54) is 32.1 Å². The van der Waals surface area contributed by atoms with Gasteiger partial charge in [-0.15, -0.1) is 0 Å². The fraction of sp³-hybridized carbons (Fsp3) is 0.214. The molecule has 3 aromatic heterocycles. The lowest BCUT2D eigenvalue weighted by Gasteiger charge is -2.23. The van der Waals surface area contributed by atoms with Gasteiger partial charge in [-0.25, -0.2) is 19.7 Å². The van der Waals surface area contributed by atoms with Gasteiger partial charge in [-0.05, 0) is 42.7 Å². The second kappa shape index (κ2) is 10.5. The van der Waals surface area contributed by atoms with Gasteiger partial charge in [-0.1, -0.05) is 49.6 Å². The average Bonchev–Trinajstić information content (AvgIpc) is 3.30. The van der Waals surface area contributed by atoms with E-state index < -0.39 is 6.09 Å². The highest BCUT2D eigenvalue weighted by atomic mass is 16.5. The van der Waals surface area contributed by atoms with Gasteiger partial charge >= 0.3 is 6.09 Å². The van der Waals surface area contributed by atoms with Crippen LogP contribution in [0.1, 0.15) is 38.1 Å². The Balaban J connectivity index is 0.000000655. The fourth-order valence-electron chi connectivity index (χ4n) is 4.90. The van der Waals surface area contributed by atoms with Gasteiger partial charge in [-0.2, -0.15) is 0 Å². The molecule has 3 heterocycles. The summed E-state index contributed by atoms with van der Waals surface area (Å²) in [6.45, 7) is 0. The Bertz CT molecular complexity index is 1540. The molecule has 0 bridgehead atoms. The number of hydrogen-bond acceptors (Lipinski definition) is 6. The van der Waals surface area contributed by atoms with Crippen molar-refractivity contribution < 1.29 is 14.6 Å². The van der Waals surface area contributed by atoms with E-state index in [9.17, 15) is 0 Å². The molecule has 1 aliphatic rings. The molecule has 9 heteroatoms. The number of primary amides is 1. The van der Waals surface area contributed by atoms with E-state index in [2.05, 4.69) is 44.7 Å². The monoisotopic (exact) mass is 496 g/mol. The summed E-state index contributed by atoms with van der Waals surface area (Å²) in [4.78, 5) is 22.5. The maximum atomic E-state index is 8.78. The highest BCUT2D eigenvalue weighted by molar-refractivity contribution is 6.02. The molecule has 2 aromatic carbocycles. The molecule has 0 radical (unpaired) electrons. The van der Waals surface area contributed by atoms with Gasteiger partial charge in [0.15, 0.2) is 0 Å². The van der Waals surface area contributed by atoms with Crippen molar-refractivity contribution in [3.8, 4) is 22.8 Å². The van der Waals surface area contributed by atoms with Crippen LogP contribution in [0.3, 0.4) is 0 Å². The summed E-state index contributed by atoms with van der Waals surface area (Å²) in [6.07, 6.45) is 8.60. The molecule has 9 nitrogen and oxygen atoms in total. The normalized spacial score (nSPS) is 13.7. The van der Waals surface area contributed by atoms with Crippen molar-refractivity contribution in [1.82, 2.24) is 19.5 Å². The highest BCUT2D eigenvalue weighted by Crippen LogP contribution is 2.38. The van der Waals surface area contributed by atoms with E-state index >= 15 is 0 Å². The molecule has 5 N–H and O–H groups in total. The van der Waals surface area contributed by atoms with Crippen LogP contribution in [-0.4, -0.2) is 30.7 Å².